The number of hydrogen-bond acceptors (Lipinski definition) is 6. The SMILES string of the molecule is CC[C@H](C)[C@@H](O)[C@](C)(O)/C=C/C1=CC2=CC(=O)[C@](C)(O)[C@H](O)[C@H]2CO1. The van der Waals surface area contributed by atoms with Gasteiger partial charge in [-0.2, -0.15) is 0 Å². The summed E-state index contributed by atoms with van der Waals surface area (Å²) in [6.07, 6.45) is 4.51. The zero-order chi connectivity index (χ0) is 19.0. The molecule has 0 spiro atoms. The standard InChI is InChI=1S/C19H28O6/c1-5-11(2)16(21)18(3,23)7-6-13-8-12-9-15(20)19(4,24)17(22)14(12)10-25-13/h6-9,11,14,16-17,21-24H,5,10H2,1-4H3/b7-6+/t11-,14-,16+,17+,18+,19-/m0/s1. The largest absolute Gasteiger partial charge is 0.493 e. The van der Waals surface area contributed by atoms with Gasteiger partial charge in [0.05, 0.1) is 18.8 Å². The lowest BCUT2D eigenvalue weighted by Gasteiger charge is -2.39. The molecule has 0 saturated carbocycles. The molecular formula is C19H28O6. The topological polar surface area (TPSA) is 107 Å². The number of hydrogen-bond donors (Lipinski definition) is 4. The van der Waals surface area contributed by atoms with Crippen molar-refractivity contribution in [2.75, 3.05) is 6.61 Å². The highest BCUT2D eigenvalue weighted by molar-refractivity contribution is 5.99. The average Bonchev–Trinajstić information content (AvgIpc) is 2.57. The molecule has 0 bridgehead atoms. The van der Waals surface area contributed by atoms with Gasteiger partial charge in [-0.25, -0.2) is 0 Å². The Balaban J connectivity index is 2.21. The smallest absolute Gasteiger partial charge is 0.189 e. The molecule has 4 N–H and O–H groups in total. The Labute approximate surface area is 148 Å². The molecule has 6 nitrogen and oxygen atoms in total. The first kappa shape index (κ1) is 19.8. The van der Waals surface area contributed by atoms with Crippen LogP contribution in [0.1, 0.15) is 34.1 Å². The quantitative estimate of drug-likeness (QED) is 0.584. The maximum absolute atomic E-state index is 12.0. The van der Waals surface area contributed by atoms with E-state index in [1.165, 1.54) is 26.0 Å². The number of rotatable bonds is 5. The van der Waals surface area contributed by atoms with Gasteiger partial charge in [-0.15, -0.1) is 0 Å². The van der Waals surface area contributed by atoms with E-state index in [0.29, 0.717) is 11.3 Å². The highest BCUT2D eigenvalue weighted by Gasteiger charge is 2.47. The Morgan fingerprint density at radius 2 is 2.12 bits per heavy atom. The number of ether oxygens (including phenoxy) is 1. The van der Waals surface area contributed by atoms with Gasteiger partial charge in [0, 0.05) is 5.92 Å². The van der Waals surface area contributed by atoms with Crippen molar-refractivity contribution in [3.05, 3.63) is 35.6 Å². The van der Waals surface area contributed by atoms with E-state index in [1.807, 2.05) is 13.8 Å². The van der Waals surface area contributed by atoms with Gasteiger partial charge in [0.25, 0.3) is 0 Å². The van der Waals surface area contributed by atoms with Crippen molar-refractivity contribution in [3.63, 3.8) is 0 Å². The summed E-state index contributed by atoms with van der Waals surface area (Å²) in [6, 6.07) is 0. The molecule has 25 heavy (non-hydrogen) atoms. The fourth-order valence-electron chi connectivity index (χ4n) is 3.10. The van der Waals surface area contributed by atoms with Gasteiger partial charge in [0.2, 0.25) is 0 Å². The second-order valence-electron chi connectivity index (χ2n) is 7.45. The van der Waals surface area contributed by atoms with Crippen molar-refractivity contribution in [2.45, 2.75) is 57.5 Å². The van der Waals surface area contributed by atoms with E-state index >= 15 is 0 Å². The summed E-state index contributed by atoms with van der Waals surface area (Å²) in [5.74, 6) is -0.690. The van der Waals surface area contributed by atoms with Crippen LogP contribution in [0.2, 0.25) is 0 Å². The predicted octanol–water partition coefficient (Wildman–Crippen LogP) is 0.852. The minimum Gasteiger partial charge on any atom is -0.493 e. The van der Waals surface area contributed by atoms with Gasteiger partial charge < -0.3 is 25.2 Å². The van der Waals surface area contributed by atoms with Crippen LogP contribution in [0.15, 0.2) is 35.6 Å². The third kappa shape index (κ3) is 3.87. The summed E-state index contributed by atoms with van der Waals surface area (Å²) in [7, 11) is 0. The number of allylic oxidation sites excluding steroid dienone is 2. The van der Waals surface area contributed by atoms with Crippen molar-refractivity contribution in [1.29, 1.82) is 0 Å². The molecule has 1 aliphatic heterocycles. The summed E-state index contributed by atoms with van der Waals surface area (Å²) in [4.78, 5) is 12.0. The van der Waals surface area contributed by atoms with E-state index in [-0.39, 0.29) is 12.5 Å². The van der Waals surface area contributed by atoms with Crippen molar-refractivity contribution in [1.82, 2.24) is 0 Å². The Hall–Kier alpha value is -1.47. The van der Waals surface area contributed by atoms with Gasteiger partial charge in [-0.05, 0) is 49.6 Å². The molecule has 140 valence electrons. The molecule has 1 aliphatic carbocycles. The van der Waals surface area contributed by atoms with Crippen molar-refractivity contribution in [3.8, 4) is 0 Å². The van der Waals surface area contributed by atoms with Crippen LogP contribution < -0.4 is 0 Å². The van der Waals surface area contributed by atoms with Crippen LogP contribution in [0.5, 0.6) is 0 Å². The van der Waals surface area contributed by atoms with Gasteiger partial charge in [-0.1, -0.05) is 20.3 Å². The summed E-state index contributed by atoms with van der Waals surface area (Å²) in [5, 5.41) is 40.9. The molecule has 2 aliphatic rings. The molecule has 0 radical (unpaired) electrons. The van der Waals surface area contributed by atoms with E-state index < -0.39 is 35.1 Å². The monoisotopic (exact) mass is 352 g/mol. The number of aliphatic hydroxyl groups is 4. The summed E-state index contributed by atoms with van der Waals surface area (Å²) in [6.45, 7) is 6.73. The van der Waals surface area contributed by atoms with Crippen LogP contribution >= 0.6 is 0 Å². The second-order valence-corrected chi connectivity index (χ2v) is 7.45. The van der Waals surface area contributed by atoms with Crippen LogP contribution in [-0.2, 0) is 9.53 Å². The molecular weight excluding hydrogens is 324 g/mol. The van der Waals surface area contributed by atoms with Gasteiger partial charge >= 0.3 is 0 Å². The Morgan fingerprint density at radius 1 is 1.48 bits per heavy atom. The van der Waals surface area contributed by atoms with E-state index in [0.717, 1.165) is 6.42 Å². The number of fused-ring (bicyclic) bond motifs is 1. The molecule has 0 unspecified atom stereocenters. The highest BCUT2D eigenvalue weighted by atomic mass is 16.5. The molecule has 2 rings (SSSR count). The first-order valence-corrected chi connectivity index (χ1v) is 8.61. The molecule has 0 fully saturated rings. The highest BCUT2D eigenvalue weighted by Crippen LogP contribution is 2.35. The van der Waals surface area contributed by atoms with Crippen molar-refractivity contribution >= 4 is 5.78 Å². The third-order valence-electron chi connectivity index (χ3n) is 5.29. The van der Waals surface area contributed by atoms with Crippen LogP contribution in [0.4, 0.5) is 0 Å². The first-order chi connectivity index (χ1) is 11.5. The maximum Gasteiger partial charge on any atom is 0.189 e. The van der Waals surface area contributed by atoms with Gasteiger partial charge in [0.15, 0.2) is 11.4 Å². The van der Waals surface area contributed by atoms with E-state index in [1.54, 1.807) is 12.2 Å². The van der Waals surface area contributed by atoms with Crippen molar-refractivity contribution < 1.29 is 30.0 Å². The number of aliphatic hydroxyl groups excluding tert-OH is 2. The van der Waals surface area contributed by atoms with Crippen LogP contribution in [-0.4, -0.2) is 56.2 Å². The lowest BCUT2D eigenvalue weighted by atomic mass is 9.75. The minimum absolute atomic E-state index is 0.0682. The molecule has 0 aromatic carbocycles. The fourth-order valence-corrected chi connectivity index (χ4v) is 3.10. The lowest BCUT2D eigenvalue weighted by Crippen LogP contribution is -2.54. The summed E-state index contributed by atoms with van der Waals surface area (Å²) < 4.78 is 5.57. The summed E-state index contributed by atoms with van der Waals surface area (Å²) in [5.41, 5.74) is -2.66. The van der Waals surface area contributed by atoms with E-state index in [4.69, 9.17) is 4.74 Å². The van der Waals surface area contributed by atoms with Gasteiger partial charge in [0.1, 0.15) is 11.4 Å². The maximum atomic E-state index is 12.0. The van der Waals surface area contributed by atoms with Gasteiger partial charge in [-0.3, -0.25) is 4.79 Å². The van der Waals surface area contributed by atoms with E-state index in [2.05, 4.69) is 0 Å². The zero-order valence-corrected chi connectivity index (χ0v) is 15.1. The first-order valence-electron chi connectivity index (χ1n) is 8.61. The summed E-state index contributed by atoms with van der Waals surface area (Å²) >= 11 is 0. The number of carbonyl (C=O) groups is 1. The fraction of sp³-hybridized carbons (Fsp3) is 0.632. The predicted molar refractivity (Wildman–Crippen MR) is 92.5 cm³/mol. The van der Waals surface area contributed by atoms with Crippen LogP contribution in [0.25, 0.3) is 0 Å². The Morgan fingerprint density at radius 3 is 2.72 bits per heavy atom. The second kappa shape index (κ2) is 7.03. The number of ketones is 1. The zero-order valence-electron chi connectivity index (χ0n) is 15.1. The molecule has 0 amide bonds. The normalized spacial score (nSPS) is 34.5. The molecule has 0 aromatic rings. The van der Waals surface area contributed by atoms with Crippen LogP contribution in [0, 0.1) is 11.8 Å². The molecule has 0 aromatic heterocycles. The lowest BCUT2D eigenvalue weighted by molar-refractivity contribution is -0.150. The minimum atomic E-state index is -1.82. The Bertz CT molecular complexity index is 613. The molecule has 0 saturated heterocycles. The Kier molecular flexibility index (Phi) is 5.59. The van der Waals surface area contributed by atoms with Crippen molar-refractivity contribution in [2.24, 2.45) is 11.8 Å². The molecule has 6 atom stereocenters. The van der Waals surface area contributed by atoms with Crippen LogP contribution in [0.3, 0.4) is 0 Å². The average molecular weight is 352 g/mol. The third-order valence-corrected chi connectivity index (χ3v) is 5.29. The number of carbonyl (C=O) groups excluding carboxylic acids is 1. The van der Waals surface area contributed by atoms with E-state index in [9.17, 15) is 25.2 Å². The molecule has 1 heterocycles. The molecule has 6 heteroatoms.